The van der Waals surface area contributed by atoms with Gasteiger partial charge in [0.2, 0.25) is 0 Å². The monoisotopic (exact) mass is 169 g/mol. The molecule has 0 unspecified atom stereocenters. The second-order valence-corrected chi connectivity index (χ2v) is 2.71. The van der Waals surface area contributed by atoms with Crippen LogP contribution in [0.5, 0.6) is 0 Å². The van der Waals surface area contributed by atoms with E-state index < -0.39 is 0 Å². The van der Waals surface area contributed by atoms with Crippen LogP contribution in [-0.2, 0) is 19.6 Å². The topological polar surface area (TPSA) is 12.4 Å². The molecule has 0 aliphatic rings. The van der Waals surface area contributed by atoms with Crippen LogP contribution in [0.15, 0.2) is 3.50 Å². The van der Waals surface area contributed by atoms with Gasteiger partial charge in [-0.1, -0.05) is 0 Å². The Bertz CT molecular complexity index is 53.1. The van der Waals surface area contributed by atoms with Gasteiger partial charge in [-0.05, 0) is 0 Å². The summed E-state index contributed by atoms with van der Waals surface area (Å²) in [6.07, 6.45) is 0. The molecule has 0 saturated heterocycles. The molecule has 2 heteroatoms. The fraction of sp³-hybridized carbons (Fsp3) is 1.00. The molecule has 0 aromatic carbocycles. The third-order valence-electron chi connectivity index (χ3n) is 0.274. The first-order chi connectivity index (χ1) is 2.56. The summed E-state index contributed by atoms with van der Waals surface area (Å²) < 4.78 is 4.03. The van der Waals surface area contributed by atoms with E-state index >= 15 is 0 Å². The molecule has 6 heavy (non-hydrogen) atoms. The van der Waals surface area contributed by atoms with E-state index in [0.717, 1.165) is 0 Å². The van der Waals surface area contributed by atoms with Gasteiger partial charge in [0.1, 0.15) is 0 Å². The normalized spacial score (nSPS) is 11.2. The Balaban J connectivity index is 3.45. The Labute approximate surface area is 49.9 Å². The van der Waals surface area contributed by atoms with E-state index in [9.17, 15) is 0 Å². The Morgan fingerprint density at radius 1 is 1.33 bits per heavy atom. The second-order valence-electron chi connectivity index (χ2n) is 2.26. The molecule has 0 aliphatic heterocycles. The molecular weight excluding hydrogens is 158 g/mol. The summed E-state index contributed by atoms with van der Waals surface area (Å²) in [6, 6.07) is 0. The Hall–Kier alpha value is 0.488. The van der Waals surface area contributed by atoms with Gasteiger partial charge in [0.25, 0.3) is 0 Å². The van der Waals surface area contributed by atoms with Crippen molar-refractivity contribution in [3.05, 3.63) is 0 Å². The molecular formula is C4H9MoN. The summed E-state index contributed by atoms with van der Waals surface area (Å²) in [6.45, 7) is 6.24. The van der Waals surface area contributed by atoms with Gasteiger partial charge in [-0.15, -0.1) is 0 Å². The number of rotatable bonds is 0. The molecule has 1 nitrogen and oxygen atoms in total. The van der Waals surface area contributed by atoms with Crippen LogP contribution in [0.4, 0.5) is 0 Å². The van der Waals surface area contributed by atoms with E-state index in [1.54, 1.807) is 19.6 Å². The summed E-state index contributed by atoms with van der Waals surface area (Å²) in [5.74, 6) is 0. The van der Waals surface area contributed by atoms with Gasteiger partial charge < -0.3 is 0 Å². The van der Waals surface area contributed by atoms with Crippen molar-refractivity contribution in [3.63, 3.8) is 0 Å². The third kappa shape index (κ3) is 4.49. The van der Waals surface area contributed by atoms with E-state index in [2.05, 4.69) is 24.3 Å². The molecule has 0 saturated carbocycles. The van der Waals surface area contributed by atoms with E-state index in [1.165, 1.54) is 0 Å². The Morgan fingerprint density at radius 3 is 1.50 bits per heavy atom. The summed E-state index contributed by atoms with van der Waals surface area (Å²) >= 11 is 1.77. The van der Waals surface area contributed by atoms with Crippen molar-refractivity contribution in [2.75, 3.05) is 0 Å². The van der Waals surface area contributed by atoms with Crippen LogP contribution >= 0.6 is 0 Å². The van der Waals surface area contributed by atoms with E-state index in [0.29, 0.717) is 0 Å². The van der Waals surface area contributed by atoms with E-state index in [-0.39, 0.29) is 5.54 Å². The zero-order chi connectivity index (χ0) is 5.21. The molecule has 0 heterocycles. The van der Waals surface area contributed by atoms with Crippen LogP contribution in [0.2, 0.25) is 0 Å². The van der Waals surface area contributed by atoms with Crippen LogP contribution in [0, 0.1) is 0 Å². The zero-order valence-electron chi connectivity index (χ0n) is 4.36. The molecule has 0 spiro atoms. The van der Waals surface area contributed by atoms with Crippen molar-refractivity contribution in [1.82, 2.24) is 0 Å². The fourth-order valence-corrected chi connectivity index (χ4v) is 0. The number of hydrogen-bond donors (Lipinski definition) is 0. The molecule has 0 bridgehead atoms. The summed E-state index contributed by atoms with van der Waals surface area (Å²) in [7, 11) is 0. The fourth-order valence-electron chi connectivity index (χ4n) is 0. The first-order valence-electron chi connectivity index (χ1n) is 1.91. The van der Waals surface area contributed by atoms with Crippen molar-refractivity contribution < 1.29 is 19.6 Å². The van der Waals surface area contributed by atoms with Gasteiger partial charge in [-0.25, -0.2) is 0 Å². The standard InChI is InChI=1S/C4H9N.Mo/c1-4(2,3)5;/h1-3H3;. The average molecular weight is 167 g/mol. The maximum absolute atomic E-state index is 4.03. The Morgan fingerprint density at radius 2 is 1.50 bits per heavy atom. The average Bonchev–Trinajstić information content (AvgIpc) is 1.35. The zero-order valence-corrected chi connectivity index (χ0v) is 6.36. The summed E-state index contributed by atoms with van der Waals surface area (Å²) in [5, 5.41) is 0. The SMILES string of the molecule is CC(C)(C)[N]=[Mo]. The molecule has 0 fully saturated rings. The summed E-state index contributed by atoms with van der Waals surface area (Å²) in [5.41, 5.74) is 0.171. The van der Waals surface area contributed by atoms with Gasteiger partial charge in [0, 0.05) is 0 Å². The van der Waals surface area contributed by atoms with Crippen LogP contribution in [0.1, 0.15) is 20.8 Å². The molecule has 0 atom stereocenters. The first kappa shape index (κ1) is 6.49. The van der Waals surface area contributed by atoms with E-state index in [4.69, 9.17) is 0 Å². The van der Waals surface area contributed by atoms with Crippen LogP contribution < -0.4 is 0 Å². The minimum absolute atomic E-state index is 0.171. The predicted octanol–water partition coefficient (Wildman–Crippen LogP) is 1.52. The van der Waals surface area contributed by atoms with Crippen molar-refractivity contribution in [2.24, 2.45) is 3.50 Å². The third-order valence-corrected chi connectivity index (χ3v) is 1.62. The van der Waals surface area contributed by atoms with Gasteiger partial charge in [0.15, 0.2) is 0 Å². The molecule has 36 valence electrons. The van der Waals surface area contributed by atoms with E-state index in [1.807, 2.05) is 0 Å². The first-order valence-corrected chi connectivity index (χ1v) is 2.80. The quantitative estimate of drug-likeness (QED) is 0.485. The summed E-state index contributed by atoms with van der Waals surface area (Å²) in [4.78, 5) is 0. The van der Waals surface area contributed by atoms with Crippen LogP contribution in [-0.4, -0.2) is 5.54 Å². The van der Waals surface area contributed by atoms with Crippen molar-refractivity contribution >= 4 is 0 Å². The second kappa shape index (κ2) is 1.97. The van der Waals surface area contributed by atoms with Crippen molar-refractivity contribution in [2.45, 2.75) is 26.3 Å². The molecule has 0 aromatic heterocycles. The Kier molecular flexibility index (Phi) is 2.13. The number of hydrogen-bond acceptors (Lipinski definition) is 1. The molecule has 0 N–H and O–H groups in total. The maximum atomic E-state index is 4.03. The van der Waals surface area contributed by atoms with Crippen molar-refractivity contribution in [3.8, 4) is 0 Å². The van der Waals surface area contributed by atoms with Gasteiger partial charge in [-0.2, -0.15) is 0 Å². The van der Waals surface area contributed by atoms with Gasteiger partial charge >= 0.3 is 49.4 Å². The molecule has 0 radical (unpaired) electrons. The van der Waals surface area contributed by atoms with Crippen LogP contribution in [0.3, 0.4) is 0 Å². The van der Waals surface area contributed by atoms with Gasteiger partial charge in [0.05, 0.1) is 0 Å². The van der Waals surface area contributed by atoms with Crippen molar-refractivity contribution in [1.29, 1.82) is 0 Å². The van der Waals surface area contributed by atoms with Crippen LogP contribution in [0.25, 0.3) is 0 Å². The molecule has 0 aromatic rings. The number of nitrogens with zero attached hydrogens (tertiary/aromatic N) is 1. The predicted molar refractivity (Wildman–Crippen MR) is 22.2 cm³/mol. The molecule has 0 aliphatic carbocycles. The van der Waals surface area contributed by atoms with Gasteiger partial charge in [-0.3, -0.25) is 0 Å². The minimum atomic E-state index is 0.171. The molecule has 0 rings (SSSR count). The molecule has 0 amide bonds.